The lowest BCUT2D eigenvalue weighted by molar-refractivity contribution is -0.123. The molecule has 0 saturated carbocycles. The molecule has 3 rings (SSSR count). The monoisotopic (exact) mass is 293 g/mol. The van der Waals surface area contributed by atoms with E-state index in [0.29, 0.717) is 5.75 Å². The Hall–Kier alpha value is -2.81. The summed E-state index contributed by atoms with van der Waals surface area (Å²) in [5.41, 5.74) is 5.16. The number of fused-ring (bicyclic) bond motifs is 1. The molecular weight excluding hydrogens is 274 g/mol. The standard InChI is InChI=1S/C13H13NO2.C6H6/c1-9(13(14)15)16-12-8-4-6-10-5-2-3-7-11(10)12;1-2-4-6-5-3-1/h2-9H,1H3,(H2,14,15);1-6H. The van der Waals surface area contributed by atoms with Crippen LogP contribution in [-0.4, -0.2) is 12.0 Å². The van der Waals surface area contributed by atoms with E-state index in [0.717, 1.165) is 10.8 Å². The molecule has 3 aromatic rings. The number of nitrogens with two attached hydrogens (primary N) is 1. The summed E-state index contributed by atoms with van der Waals surface area (Å²) in [4.78, 5) is 10.9. The van der Waals surface area contributed by atoms with Crippen molar-refractivity contribution in [2.45, 2.75) is 13.0 Å². The van der Waals surface area contributed by atoms with Crippen LogP contribution in [0.2, 0.25) is 0 Å². The topological polar surface area (TPSA) is 52.3 Å². The Morgan fingerprint density at radius 3 is 2.00 bits per heavy atom. The number of hydrogen-bond acceptors (Lipinski definition) is 2. The van der Waals surface area contributed by atoms with E-state index in [2.05, 4.69) is 0 Å². The molecule has 3 aromatic carbocycles. The van der Waals surface area contributed by atoms with Crippen LogP contribution >= 0.6 is 0 Å². The summed E-state index contributed by atoms with van der Waals surface area (Å²) in [7, 11) is 0. The van der Waals surface area contributed by atoms with E-state index in [9.17, 15) is 4.79 Å². The highest BCUT2D eigenvalue weighted by Crippen LogP contribution is 2.25. The molecule has 0 aliphatic heterocycles. The molecule has 0 fully saturated rings. The third kappa shape index (κ3) is 4.35. The number of ether oxygens (including phenoxy) is 1. The number of rotatable bonds is 3. The lowest BCUT2D eigenvalue weighted by atomic mass is 10.1. The van der Waals surface area contributed by atoms with Gasteiger partial charge in [-0.2, -0.15) is 0 Å². The van der Waals surface area contributed by atoms with Gasteiger partial charge in [-0.05, 0) is 18.4 Å². The first-order chi connectivity index (χ1) is 10.7. The van der Waals surface area contributed by atoms with Crippen LogP contribution in [0, 0.1) is 0 Å². The molecule has 112 valence electrons. The third-order valence-corrected chi connectivity index (χ3v) is 3.12. The zero-order valence-corrected chi connectivity index (χ0v) is 12.5. The smallest absolute Gasteiger partial charge is 0.258 e. The predicted octanol–water partition coefficient (Wildman–Crippen LogP) is 3.78. The maximum atomic E-state index is 10.9. The summed E-state index contributed by atoms with van der Waals surface area (Å²) < 4.78 is 5.51. The van der Waals surface area contributed by atoms with Crippen LogP contribution < -0.4 is 10.5 Å². The van der Waals surface area contributed by atoms with Crippen LogP contribution in [0.15, 0.2) is 78.9 Å². The summed E-state index contributed by atoms with van der Waals surface area (Å²) in [6.07, 6.45) is -0.620. The Morgan fingerprint density at radius 2 is 1.41 bits per heavy atom. The summed E-state index contributed by atoms with van der Waals surface area (Å²) in [6.45, 7) is 1.64. The van der Waals surface area contributed by atoms with Gasteiger partial charge in [0.1, 0.15) is 5.75 Å². The zero-order chi connectivity index (χ0) is 15.8. The van der Waals surface area contributed by atoms with E-state index >= 15 is 0 Å². The summed E-state index contributed by atoms with van der Waals surface area (Å²) in [5.74, 6) is 0.220. The molecule has 0 heterocycles. The fourth-order valence-corrected chi connectivity index (χ4v) is 1.93. The van der Waals surface area contributed by atoms with Crippen molar-refractivity contribution < 1.29 is 9.53 Å². The Bertz CT molecular complexity index is 694. The molecule has 0 bridgehead atoms. The van der Waals surface area contributed by atoms with E-state index in [4.69, 9.17) is 10.5 Å². The van der Waals surface area contributed by atoms with Crippen molar-refractivity contribution in [1.29, 1.82) is 0 Å². The molecule has 2 N–H and O–H groups in total. The highest BCUT2D eigenvalue weighted by Gasteiger charge is 2.11. The van der Waals surface area contributed by atoms with Crippen LogP contribution in [0.3, 0.4) is 0 Å². The Morgan fingerprint density at radius 1 is 0.864 bits per heavy atom. The number of carbonyl (C=O) groups excluding carboxylic acids is 1. The average Bonchev–Trinajstić information content (AvgIpc) is 2.57. The highest BCUT2D eigenvalue weighted by molar-refractivity contribution is 5.88. The van der Waals surface area contributed by atoms with E-state index in [1.54, 1.807) is 6.92 Å². The molecule has 3 nitrogen and oxygen atoms in total. The van der Waals surface area contributed by atoms with Crippen molar-refractivity contribution in [3.8, 4) is 5.75 Å². The van der Waals surface area contributed by atoms with Gasteiger partial charge in [-0.15, -0.1) is 0 Å². The second kappa shape index (κ2) is 7.84. The molecule has 0 saturated heterocycles. The SMILES string of the molecule is CC(Oc1cccc2ccccc12)C(N)=O.c1ccccc1. The minimum absolute atomic E-state index is 0.465. The fourth-order valence-electron chi connectivity index (χ4n) is 1.93. The molecular formula is C19H19NO2. The summed E-state index contributed by atoms with van der Waals surface area (Å²) >= 11 is 0. The van der Waals surface area contributed by atoms with Gasteiger partial charge in [0, 0.05) is 5.39 Å². The largest absolute Gasteiger partial charge is 0.480 e. The highest BCUT2D eigenvalue weighted by atomic mass is 16.5. The first-order valence-electron chi connectivity index (χ1n) is 7.12. The zero-order valence-electron chi connectivity index (χ0n) is 12.5. The van der Waals surface area contributed by atoms with Gasteiger partial charge in [0.25, 0.3) is 5.91 Å². The van der Waals surface area contributed by atoms with Gasteiger partial charge in [0.15, 0.2) is 6.10 Å². The van der Waals surface area contributed by atoms with Gasteiger partial charge in [0.2, 0.25) is 0 Å². The van der Waals surface area contributed by atoms with Crippen LogP contribution in [0.4, 0.5) is 0 Å². The average molecular weight is 293 g/mol. The maximum absolute atomic E-state index is 10.9. The third-order valence-electron chi connectivity index (χ3n) is 3.12. The number of benzene rings is 3. The van der Waals surface area contributed by atoms with Gasteiger partial charge in [-0.3, -0.25) is 4.79 Å². The minimum atomic E-state index is -0.620. The maximum Gasteiger partial charge on any atom is 0.258 e. The first kappa shape index (κ1) is 15.6. The summed E-state index contributed by atoms with van der Waals surface area (Å²) in [5, 5.41) is 2.06. The molecule has 1 unspecified atom stereocenters. The second-order valence-corrected chi connectivity index (χ2v) is 4.79. The van der Waals surface area contributed by atoms with Crippen molar-refractivity contribution in [3.05, 3.63) is 78.9 Å². The van der Waals surface area contributed by atoms with E-state index in [1.807, 2.05) is 78.9 Å². The van der Waals surface area contributed by atoms with Crippen molar-refractivity contribution in [3.63, 3.8) is 0 Å². The van der Waals surface area contributed by atoms with Crippen molar-refractivity contribution in [2.75, 3.05) is 0 Å². The van der Waals surface area contributed by atoms with Crippen LogP contribution in [0.5, 0.6) is 5.75 Å². The number of amides is 1. The first-order valence-corrected chi connectivity index (χ1v) is 7.12. The van der Waals surface area contributed by atoms with Gasteiger partial charge < -0.3 is 10.5 Å². The molecule has 0 aliphatic carbocycles. The van der Waals surface area contributed by atoms with Crippen LogP contribution in [-0.2, 0) is 4.79 Å². The van der Waals surface area contributed by atoms with E-state index < -0.39 is 12.0 Å². The molecule has 0 radical (unpaired) electrons. The quantitative estimate of drug-likeness (QED) is 0.799. The lowest BCUT2D eigenvalue weighted by Crippen LogP contribution is -2.30. The minimum Gasteiger partial charge on any atom is -0.480 e. The van der Waals surface area contributed by atoms with Gasteiger partial charge in [0.05, 0.1) is 0 Å². The molecule has 0 spiro atoms. The molecule has 0 aliphatic rings. The van der Waals surface area contributed by atoms with Gasteiger partial charge in [-0.1, -0.05) is 72.8 Å². The van der Waals surface area contributed by atoms with E-state index in [-0.39, 0.29) is 0 Å². The van der Waals surface area contributed by atoms with Crippen LogP contribution in [0.25, 0.3) is 10.8 Å². The molecule has 22 heavy (non-hydrogen) atoms. The molecule has 3 heteroatoms. The number of hydrogen-bond donors (Lipinski definition) is 1. The van der Waals surface area contributed by atoms with E-state index in [1.165, 1.54) is 0 Å². The Labute approximate surface area is 130 Å². The Balaban J connectivity index is 0.000000246. The van der Waals surface area contributed by atoms with Crippen molar-refractivity contribution >= 4 is 16.7 Å². The lowest BCUT2D eigenvalue weighted by Gasteiger charge is -2.13. The van der Waals surface area contributed by atoms with Crippen molar-refractivity contribution in [2.24, 2.45) is 5.73 Å². The normalized spacial score (nSPS) is 11.1. The molecule has 0 aromatic heterocycles. The molecule has 1 amide bonds. The second-order valence-electron chi connectivity index (χ2n) is 4.79. The molecule has 1 atom stereocenters. The number of primary amides is 1. The predicted molar refractivity (Wildman–Crippen MR) is 89.7 cm³/mol. The van der Waals surface area contributed by atoms with Gasteiger partial charge in [-0.25, -0.2) is 0 Å². The summed E-state index contributed by atoms with van der Waals surface area (Å²) in [6, 6.07) is 25.6. The van der Waals surface area contributed by atoms with Crippen molar-refractivity contribution in [1.82, 2.24) is 0 Å². The number of carbonyl (C=O) groups is 1. The van der Waals surface area contributed by atoms with Crippen LogP contribution in [0.1, 0.15) is 6.92 Å². The van der Waals surface area contributed by atoms with Gasteiger partial charge >= 0.3 is 0 Å². The fraction of sp³-hybridized carbons (Fsp3) is 0.105. The Kier molecular flexibility index (Phi) is 5.55.